The number of halogens is 2. The standard InChI is InChI=1S/C23H34F2N2O5S/c1-23(2,3)32-22(28)27-11-9-26(10-12-27)20-7-5-16(13-18(20)24)15-31-21-8-6-17(14-19(21)25)33(4,29)30/h6,8,14,16,18,20H,5,7,9-13,15H2,1-4H3/t16-,18?,20-/m1/s1. The molecule has 1 aliphatic carbocycles. The van der Waals surface area contributed by atoms with Crippen molar-refractivity contribution in [2.24, 2.45) is 5.92 Å². The molecule has 1 aliphatic heterocycles. The molecule has 2 aliphatic rings. The van der Waals surface area contributed by atoms with Crippen molar-refractivity contribution in [2.45, 2.75) is 62.7 Å². The predicted octanol–water partition coefficient (Wildman–Crippen LogP) is 3.67. The normalized spacial score (nSPS) is 25.0. The number of hydrogen-bond donors (Lipinski definition) is 0. The van der Waals surface area contributed by atoms with Gasteiger partial charge < -0.3 is 14.4 Å². The maximum Gasteiger partial charge on any atom is 0.410 e. The molecule has 0 N–H and O–H groups in total. The summed E-state index contributed by atoms with van der Waals surface area (Å²) in [6, 6.07) is 3.34. The molecule has 1 saturated carbocycles. The first kappa shape index (κ1) is 25.7. The van der Waals surface area contributed by atoms with Crippen LogP contribution in [0.5, 0.6) is 5.75 Å². The molecule has 0 radical (unpaired) electrons. The fourth-order valence-corrected chi connectivity index (χ4v) is 4.98. The minimum Gasteiger partial charge on any atom is -0.490 e. The highest BCUT2D eigenvalue weighted by molar-refractivity contribution is 7.90. The summed E-state index contributed by atoms with van der Waals surface area (Å²) in [6.45, 7) is 7.88. The molecule has 10 heteroatoms. The molecule has 1 saturated heterocycles. The Morgan fingerprint density at radius 3 is 2.36 bits per heavy atom. The Hall–Kier alpha value is -1.94. The second-order valence-electron chi connectivity index (χ2n) is 9.94. The minimum atomic E-state index is -3.50. The zero-order valence-electron chi connectivity index (χ0n) is 19.7. The van der Waals surface area contributed by atoms with Crippen LogP contribution in [-0.2, 0) is 14.6 Å². The lowest BCUT2D eigenvalue weighted by Crippen LogP contribution is -2.56. The van der Waals surface area contributed by atoms with Gasteiger partial charge in [-0.1, -0.05) is 0 Å². The summed E-state index contributed by atoms with van der Waals surface area (Å²) in [5.74, 6) is -0.822. The van der Waals surface area contributed by atoms with Gasteiger partial charge in [-0.25, -0.2) is 22.0 Å². The zero-order chi connectivity index (χ0) is 24.4. The van der Waals surface area contributed by atoms with Gasteiger partial charge in [0.2, 0.25) is 0 Å². The topological polar surface area (TPSA) is 76.2 Å². The predicted molar refractivity (Wildman–Crippen MR) is 120 cm³/mol. The molecule has 3 atom stereocenters. The number of carbonyl (C=O) groups excluding carboxylic acids is 1. The number of sulfone groups is 1. The van der Waals surface area contributed by atoms with Crippen LogP contribution >= 0.6 is 0 Å². The highest BCUT2D eigenvalue weighted by Gasteiger charge is 2.37. The van der Waals surface area contributed by atoms with E-state index < -0.39 is 27.4 Å². The Bertz CT molecular complexity index is 943. The summed E-state index contributed by atoms with van der Waals surface area (Å²) < 4.78 is 63.2. The molecular formula is C23H34F2N2O5S. The third-order valence-corrected chi connectivity index (χ3v) is 7.20. The van der Waals surface area contributed by atoms with Crippen molar-refractivity contribution in [2.75, 3.05) is 39.0 Å². The summed E-state index contributed by atoms with van der Waals surface area (Å²) in [5, 5.41) is 0. The lowest BCUT2D eigenvalue weighted by Gasteiger charge is -2.43. The Kier molecular flexibility index (Phi) is 7.88. The summed E-state index contributed by atoms with van der Waals surface area (Å²) in [4.78, 5) is 15.9. The minimum absolute atomic E-state index is 0.0294. The molecule has 186 valence electrons. The van der Waals surface area contributed by atoms with Gasteiger partial charge in [-0.3, -0.25) is 4.90 Å². The van der Waals surface area contributed by atoms with Crippen LogP contribution in [0.4, 0.5) is 13.6 Å². The van der Waals surface area contributed by atoms with Crippen molar-refractivity contribution in [1.29, 1.82) is 0 Å². The van der Waals surface area contributed by atoms with Crippen LogP contribution in [-0.4, -0.2) is 81.2 Å². The molecule has 0 spiro atoms. The average molecular weight is 489 g/mol. The number of ether oxygens (including phenoxy) is 2. The zero-order valence-corrected chi connectivity index (χ0v) is 20.5. The monoisotopic (exact) mass is 488 g/mol. The van der Waals surface area contributed by atoms with E-state index in [-0.39, 0.29) is 35.3 Å². The first-order chi connectivity index (χ1) is 15.3. The lowest BCUT2D eigenvalue weighted by molar-refractivity contribution is -0.00677. The number of rotatable bonds is 5. The maximum atomic E-state index is 15.0. The van der Waals surface area contributed by atoms with Crippen LogP contribution in [0.3, 0.4) is 0 Å². The van der Waals surface area contributed by atoms with Crippen LogP contribution in [0.15, 0.2) is 23.1 Å². The van der Waals surface area contributed by atoms with Crippen LogP contribution in [0.25, 0.3) is 0 Å². The van der Waals surface area contributed by atoms with E-state index in [1.54, 1.807) is 4.90 Å². The van der Waals surface area contributed by atoms with E-state index >= 15 is 4.39 Å². The van der Waals surface area contributed by atoms with Crippen molar-refractivity contribution >= 4 is 15.9 Å². The average Bonchev–Trinajstić information content (AvgIpc) is 2.71. The second kappa shape index (κ2) is 10.1. The van der Waals surface area contributed by atoms with Gasteiger partial charge >= 0.3 is 6.09 Å². The molecule has 7 nitrogen and oxygen atoms in total. The quantitative estimate of drug-likeness (QED) is 0.630. The second-order valence-corrected chi connectivity index (χ2v) is 12.0. The van der Waals surface area contributed by atoms with Crippen LogP contribution in [0, 0.1) is 11.7 Å². The largest absolute Gasteiger partial charge is 0.490 e. The fourth-order valence-electron chi connectivity index (χ4n) is 4.34. The molecule has 0 bridgehead atoms. The van der Waals surface area contributed by atoms with E-state index in [2.05, 4.69) is 4.90 Å². The summed E-state index contributed by atoms with van der Waals surface area (Å²) in [7, 11) is -3.50. The first-order valence-corrected chi connectivity index (χ1v) is 13.2. The van der Waals surface area contributed by atoms with E-state index in [1.165, 1.54) is 12.1 Å². The van der Waals surface area contributed by atoms with E-state index in [4.69, 9.17) is 9.47 Å². The molecule has 1 heterocycles. The Morgan fingerprint density at radius 2 is 1.82 bits per heavy atom. The van der Waals surface area contributed by atoms with Gasteiger partial charge in [0.15, 0.2) is 21.4 Å². The Labute approximate surface area is 194 Å². The molecule has 0 aromatic heterocycles. The van der Waals surface area contributed by atoms with Gasteiger partial charge in [0, 0.05) is 38.5 Å². The van der Waals surface area contributed by atoms with Crippen LogP contribution < -0.4 is 4.74 Å². The number of nitrogens with zero attached hydrogens (tertiary/aromatic N) is 2. The summed E-state index contributed by atoms with van der Waals surface area (Å²) in [5.41, 5.74) is -0.544. The molecule has 1 unspecified atom stereocenters. The van der Waals surface area contributed by atoms with E-state index in [0.717, 1.165) is 18.7 Å². The van der Waals surface area contributed by atoms with E-state index in [0.29, 0.717) is 39.0 Å². The van der Waals surface area contributed by atoms with Gasteiger partial charge in [-0.15, -0.1) is 0 Å². The molecule has 33 heavy (non-hydrogen) atoms. The van der Waals surface area contributed by atoms with E-state index in [9.17, 15) is 17.6 Å². The van der Waals surface area contributed by atoms with Crippen LogP contribution in [0.1, 0.15) is 40.0 Å². The molecule has 2 fully saturated rings. The van der Waals surface area contributed by atoms with E-state index in [1.807, 2.05) is 20.8 Å². The van der Waals surface area contributed by atoms with Crippen molar-refractivity contribution in [3.8, 4) is 5.75 Å². The molecule has 3 rings (SSSR count). The number of piperazine rings is 1. The molecule has 1 aromatic carbocycles. The van der Waals surface area contributed by atoms with Crippen molar-refractivity contribution in [1.82, 2.24) is 9.80 Å². The highest BCUT2D eigenvalue weighted by Crippen LogP contribution is 2.32. The summed E-state index contributed by atoms with van der Waals surface area (Å²) in [6.07, 6.45) is 1.38. The van der Waals surface area contributed by atoms with Crippen molar-refractivity contribution in [3.63, 3.8) is 0 Å². The smallest absolute Gasteiger partial charge is 0.410 e. The number of hydrogen-bond acceptors (Lipinski definition) is 6. The molecule has 1 aromatic rings. The fraction of sp³-hybridized carbons (Fsp3) is 0.696. The lowest BCUT2D eigenvalue weighted by atomic mass is 9.84. The van der Waals surface area contributed by atoms with Gasteiger partial charge in [0.1, 0.15) is 11.8 Å². The third kappa shape index (κ3) is 7.02. The SMILES string of the molecule is CC(C)(C)OC(=O)N1CCN([C@@H]2CC[C@@H](COc3ccc(S(C)(=O)=O)cc3F)CC2F)CC1. The van der Waals surface area contributed by atoms with Crippen molar-refractivity contribution < 1.29 is 31.5 Å². The molecular weight excluding hydrogens is 454 g/mol. The highest BCUT2D eigenvalue weighted by atomic mass is 32.2. The van der Waals surface area contributed by atoms with Gasteiger partial charge in [0.25, 0.3) is 0 Å². The Morgan fingerprint density at radius 1 is 1.15 bits per heavy atom. The maximum absolute atomic E-state index is 15.0. The Balaban J connectivity index is 1.46. The van der Waals surface area contributed by atoms with Gasteiger partial charge in [-0.2, -0.15) is 0 Å². The summed E-state index contributed by atoms with van der Waals surface area (Å²) >= 11 is 0. The van der Waals surface area contributed by atoms with Gasteiger partial charge in [0.05, 0.1) is 11.5 Å². The van der Waals surface area contributed by atoms with Crippen LogP contribution in [0.2, 0.25) is 0 Å². The molecule has 1 amide bonds. The number of benzene rings is 1. The van der Waals surface area contributed by atoms with Crippen molar-refractivity contribution in [3.05, 3.63) is 24.0 Å². The van der Waals surface area contributed by atoms with Gasteiger partial charge in [-0.05, 0) is 64.2 Å². The number of amides is 1. The number of carbonyl (C=O) groups is 1. The number of alkyl halides is 1. The third-order valence-electron chi connectivity index (χ3n) is 6.09. The first-order valence-electron chi connectivity index (χ1n) is 11.3.